The Hall–Kier alpha value is -0.920. The van der Waals surface area contributed by atoms with Crippen molar-refractivity contribution in [2.24, 2.45) is 0 Å². The zero-order chi connectivity index (χ0) is 10.7. The molecule has 0 unspecified atom stereocenters. The van der Waals surface area contributed by atoms with Crippen molar-refractivity contribution in [1.82, 2.24) is 0 Å². The van der Waals surface area contributed by atoms with E-state index in [0.717, 1.165) is 5.02 Å². The summed E-state index contributed by atoms with van der Waals surface area (Å²) in [6.07, 6.45) is 0. The second-order valence-electron chi connectivity index (χ2n) is 3.32. The molecular formula is C13H11ClS. The molecule has 0 nitrogen and oxygen atoms in total. The molecule has 0 amide bonds. The first-order chi connectivity index (χ1) is 7.25. The van der Waals surface area contributed by atoms with E-state index in [0.29, 0.717) is 0 Å². The average Bonchev–Trinajstić information content (AvgIpc) is 2.25. The number of hydrogen-bond donors (Lipinski definition) is 0. The molecule has 0 atom stereocenters. The van der Waals surface area contributed by atoms with Gasteiger partial charge in [0.25, 0.3) is 0 Å². The van der Waals surface area contributed by atoms with Gasteiger partial charge in [0.2, 0.25) is 0 Å². The third-order valence-corrected chi connectivity index (χ3v) is 3.57. The van der Waals surface area contributed by atoms with Crippen LogP contribution in [0.2, 0.25) is 5.02 Å². The Morgan fingerprint density at radius 2 is 1.60 bits per heavy atom. The van der Waals surface area contributed by atoms with Gasteiger partial charge in [0.05, 0.1) is 0 Å². The topological polar surface area (TPSA) is 0 Å². The largest absolute Gasteiger partial charge is 0.0898 e. The van der Waals surface area contributed by atoms with Crippen molar-refractivity contribution >= 4 is 23.4 Å². The van der Waals surface area contributed by atoms with Gasteiger partial charge in [0.1, 0.15) is 0 Å². The third-order valence-electron chi connectivity index (χ3n) is 2.14. The van der Waals surface area contributed by atoms with Crippen LogP contribution in [-0.4, -0.2) is 0 Å². The summed E-state index contributed by atoms with van der Waals surface area (Å²) < 4.78 is 0. The molecule has 2 aromatic rings. The van der Waals surface area contributed by atoms with Crippen LogP contribution in [0.3, 0.4) is 0 Å². The predicted octanol–water partition coefficient (Wildman–Crippen LogP) is 4.80. The van der Waals surface area contributed by atoms with Crippen molar-refractivity contribution in [3.63, 3.8) is 0 Å². The van der Waals surface area contributed by atoms with Gasteiger partial charge >= 0.3 is 0 Å². The number of aryl methyl sites for hydroxylation is 1. The van der Waals surface area contributed by atoms with Gasteiger partial charge in [-0.05, 0) is 42.8 Å². The molecule has 0 bridgehead atoms. The van der Waals surface area contributed by atoms with Crippen LogP contribution in [-0.2, 0) is 0 Å². The number of rotatable bonds is 2. The second kappa shape index (κ2) is 4.73. The lowest BCUT2D eigenvalue weighted by Gasteiger charge is -2.04. The molecule has 0 saturated carbocycles. The molecule has 2 rings (SSSR count). The first-order valence-electron chi connectivity index (χ1n) is 4.75. The summed E-state index contributed by atoms with van der Waals surface area (Å²) in [6, 6.07) is 16.3. The molecule has 0 saturated heterocycles. The van der Waals surface area contributed by atoms with E-state index in [-0.39, 0.29) is 0 Å². The van der Waals surface area contributed by atoms with Crippen LogP contribution < -0.4 is 0 Å². The minimum Gasteiger partial charge on any atom is -0.0898 e. The second-order valence-corrected chi connectivity index (χ2v) is 4.87. The summed E-state index contributed by atoms with van der Waals surface area (Å²) in [5.41, 5.74) is 1.30. The summed E-state index contributed by atoms with van der Waals surface area (Å²) in [6.45, 7) is 2.12. The van der Waals surface area contributed by atoms with Gasteiger partial charge in [0.15, 0.2) is 0 Å². The first kappa shape index (κ1) is 10.6. The Morgan fingerprint density at radius 1 is 0.933 bits per heavy atom. The predicted molar refractivity (Wildman–Crippen MR) is 66.8 cm³/mol. The lowest BCUT2D eigenvalue weighted by Crippen LogP contribution is -1.78. The van der Waals surface area contributed by atoms with E-state index in [1.54, 1.807) is 11.8 Å². The van der Waals surface area contributed by atoms with Crippen molar-refractivity contribution in [1.29, 1.82) is 0 Å². The molecule has 0 aromatic heterocycles. The Morgan fingerprint density at radius 3 is 2.27 bits per heavy atom. The van der Waals surface area contributed by atoms with E-state index in [2.05, 4.69) is 31.2 Å². The summed E-state index contributed by atoms with van der Waals surface area (Å²) >= 11 is 7.60. The van der Waals surface area contributed by atoms with E-state index >= 15 is 0 Å². The monoisotopic (exact) mass is 234 g/mol. The van der Waals surface area contributed by atoms with Gasteiger partial charge in [-0.15, -0.1) is 0 Å². The van der Waals surface area contributed by atoms with Crippen LogP contribution >= 0.6 is 23.4 Å². The minimum absolute atomic E-state index is 0.782. The molecule has 0 aliphatic rings. The van der Waals surface area contributed by atoms with Gasteiger partial charge in [-0.1, -0.05) is 41.6 Å². The lowest BCUT2D eigenvalue weighted by atomic mass is 10.2. The van der Waals surface area contributed by atoms with E-state index < -0.39 is 0 Å². The zero-order valence-electron chi connectivity index (χ0n) is 8.41. The van der Waals surface area contributed by atoms with E-state index in [1.165, 1.54) is 15.4 Å². The Balaban J connectivity index is 2.22. The molecule has 0 spiro atoms. The number of hydrogen-bond acceptors (Lipinski definition) is 1. The maximum absolute atomic E-state index is 5.84. The average molecular weight is 235 g/mol. The molecule has 15 heavy (non-hydrogen) atoms. The van der Waals surface area contributed by atoms with Gasteiger partial charge < -0.3 is 0 Å². The van der Waals surface area contributed by atoms with Gasteiger partial charge in [0, 0.05) is 14.8 Å². The van der Waals surface area contributed by atoms with Crippen LogP contribution in [0.15, 0.2) is 58.3 Å². The van der Waals surface area contributed by atoms with Gasteiger partial charge in [-0.2, -0.15) is 0 Å². The van der Waals surface area contributed by atoms with E-state index in [9.17, 15) is 0 Å². The number of halogens is 1. The summed E-state index contributed by atoms with van der Waals surface area (Å²) in [5, 5.41) is 0.782. The summed E-state index contributed by atoms with van der Waals surface area (Å²) in [7, 11) is 0. The first-order valence-corrected chi connectivity index (χ1v) is 5.94. The van der Waals surface area contributed by atoms with Crippen molar-refractivity contribution < 1.29 is 0 Å². The Kier molecular flexibility index (Phi) is 3.34. The molecule has 2 aromatic carbocycles. The fraction of sp³-hybridized carbons (Fsp3) is 0.0769. The third kappa shape index (κ3) is 2.77. The zero-order valence-corrected chi connectivity index (χ0v) is 9.98. The molecule has 76 valence electrons. The molecule has 0 N–H and O–H groups in total. The highest BCUT2D eigenvalue weighted by molar-refractivity contribution is 7.99. The minimum atomic E-state index is 0.782. The highest BCUT2D eigenvalue weighted by Crippen LogP contribution is 2.30. The summed E-state index contributed by atoms with van der Waals surface area (Å²) in [4.78, 5) is 2.51. The fourth-order valence-corrected chi connectivity index (χ4v) is 2.33. The lowest BCUT2D eigenvalue weighted by molar-refractivity contribution is 1.29. The quantitative estimate of drug-likeness (QED) is 0.719. The maximum Gasteiger partial charge on any atom is 0.0406 e. The molecule has 0 aliphatic carbocycles. The van der Waals surface area contributed by atoms with Crippen LogP contribution in [0.25, 0.3) is 0 Å². The SMILES string of the molecule is Cc1ccccc1Sc1ccc(Cl)cc1. The van der Waals surface area contributed by atoms with Crippen molar-refractivity contribution in [3.05, 3.63) is 59.1 Å². The standard InChI is InChI=1S/C13H11ClS/c1-10-4-2-3-5-13(10)15-12-8-6-11(14)7-9-12/h2-9H,1H3. The van der Waals surface area contributed by atoms with Gasteiger partial charge in [-0.25, -0.2) is 0 Å². The Bertz CT molecular complexity index is 448. The normalized spacial score (nSPS) is 10.3. The molecule has 0 aliphatic heterocycles. The fourth-order valence-electron chi connectivity index (χ4n) is 1.30. The smallest absolute Gasteiger partial charge is 0.0406 e. The van der Waals surface area contributed by atoms with Crippen LogP contribution in [0.1, 0.15) is 5.56 Å². The van der Waals surface area contributed by atoms with Crippen LogP contribution in [0, 0.1) is 6.92 Å². The van der Waals surface area contributed by atoms with Crippen LogP contribution in [0.4, 0.5) is 0 Å². The van der Waals surface area contributed by atoms with Gasteiger partial charge in [-0.3, -0.25) is 0 Å². The molecule has 0 fully saturated rings. The highest BCUT2D eigenvalue weighted by Gasteiger charge is 1.99. The van der Waals surface area contributed by atoms with E-state index in [4.69, 9.17) is 11.6 Å². The molecule has 0 heterocycles. The van der Waals surface area contributed by atoms with E-state index in [1.807, 2.05) is 24.3 Å². The highest BCUT2D eigenvalue weighted by atomic mass is 35.5. The van der Waals surface area contributed by atoms with Crippen LogP contribution in [0.5, 0.6) is 0 Å². The maximum atomic E-state index is 5.84. The molecular weight excluding hydrogens is 224 g/mol. The molecule has 2 heteroatoms. The van der Waals surface area contributed by atoms with Crippen molar-refractivity contribution in [2.45, 2.75) is 16.7 Å². The number of benzene rings is 2. The Labute approximate surface area is 99.3 Å². The molecule has 0 radical (unpaired) electrons. The van der Waals surface area contributed by atoms with Crippen molar-refractivity contribution in [2.75, 3.05) is 0 Å². The van der Waals surface area contributed by atoms with Crippen molar-refractivity contribution in [3.8, 4) is 0 Å². The summed E-state index contributed by atoms with van der Waals surface area (Å²) in [5.74, 6) is 0.